The van der Waals surface area contributed by atoms with Gasteiger partial charge in [0.2, 0.25) is 0 Å². The molecule has 0 amide bonds. The Morgan fingerprint density at radius 2 is 1.73 bits per heavy atom. The van der Waals surface area contributed by atoms with Gasteiger partial charge in [-0.1, -0.05) is 0 Å². The summed E-state index contributed by atoms with van der Waals surface area (Å²) in [4.78, 5) is 9.76. The number of aliphatic hydroxyl groups excluding tert-OH is 4. The fourth-order valence-corrected chi connectivity index (χ4v) is 0.416. The first-order valence-electron chi connectivity index (χ1n) is 2.73. The van der Waals surface area contributed by atoms with Crippen molar-refractivity contribution in [3.63, 3.8) is 0 Å². The number of rotatable bonds is 4. The summed E-state index contributed by atoms with van der Waals surface area (Å²) in [7, 11) is 0. The quantitative estimate of drug-likeness (QED) is 0.307. The van der Waals surface area contributed by atoms with Gasteiger partial charge in [-0.2, -0.15) is 0 Å². The summed E-state index contributed by atoms with van der Waals surface area (Å²) in [5.74, 6) is 0. The second-order valence-corrected chi connectivity index (χ2v) is 1.87. The Morgan fingerprint density at radius 3 is 2.00 bits per heavy atom. The summed E-state index contributed by atoms with van der Waals surface area (Å²) in [6.07, 6.45) is -4.63. The van der Waals surface area contributed by atoms with Crippen molar-refractivity contribution in [2.45, 2.75) is 18.3 Å². The molecule has 11 heavy (non-hydrogen) atoms. The normalized spacial score (nSPS) is 17.8. The summed E-state index contributed by atoms with van der Waals surface area (Å²) < 4.78 is 0. The summed E-state index contributed by atoms with van der Waals surface area (Å²) in [6.45, 7) is -0.688. The molecule has 0 fully saturated rings. The molecule has 0 bridgehead atoms. The van der Waals surface area contributed by atoms with Crippen LogP contribution in [0.4, 0.5) is 0 Å². The number of hydrogen-bond acceptors (Lipinski definition) is 5. The summed E-state index contributed by atoms with van der Waals surface area (Å²) in [6, 6.07) is 0. The van der Waals surface area contributed by atoms with Crippen LogP contribution in [-0.2, 0) is 4.79 Å². The van der Waals surface area contributed by atoms with Crippen molar-refractivity contribution in [2.75, 3.05) is 6.61 Å². The van der Waals surface area contributed by atoms with Crippen molar-refractivity contribution < 1.29 is 25.2 Å². The van der Waals surface area contributed by atoms with Crippen LogP contribution in [0, 0.1) is 0 Å². The molecular formula is C5H12O5Pb. The molecule has 66 valence electrons. The summed E-state index contributed by atoms with van der Waals surface area (Å²) in [5.41, 5.74) is 0. The zero-order chi connectivity index (χ0) is 8.15. The number of aliphatic hydroxyl groups is 4. The molecule has 0 aliphatic rings. The van der Waals surface area contributed by atoms with Crippen molar-refractivity contribution in [3.05, 3.63) is 0 Å². The van der Waals surface area contributed by atoms with Gasteiger partial charge in [-0.3, -0.25) is 0 Å². The van der Waals surface area contributed by atoms with Crippen molar-refractivity contribution in [2.24, 2.45) is 0 Å². The van der Waals surface area contributed by atoms with Gasteiger partial charge in [-0.25, -0.2) is 0 Å². The monoisotopic (exact) mass is 360 g/mol. The van der Waals surface area contributed by atoms with E-state index in [-0.39, 0.29) is 33.6 Å². The van der Waals surface area contributed by atoms with E-state index in [2.05, 4.69) is 0 Å². The van der Waals surface area contributed by atoms with Gasteiger partial charge >= 0.3 is 27.3 Å². The topological polar surface area (TPSA) is 98.0 Å². The third kappa shape index (κ3) is 4.80. The van der Waals surface area contributed by atoms with E-state index in [1.807, 2.05) is 0 Å². The molecular weight excluding hydrogens is 347 g/mol. The Balaban J connectivity index is 0. The molecule has 0 aromatic rings. The molecule has 0 heterocycles. The van der Waals surface area contributed by atoms with Crippen LogP contribution in [0.1, 0.15) is 0 Å². The third-order valence-corrected chi connectivity index (χ3v) is 1.07. The SMILES string of the molecule is O=C[C@H](O)[C@H](O)[C@H](O)CO.[PbH2]. The molecule has 3 atom stereocenters. The van der Waals surface area contributed by atoms with Gasteiger partial charge in [-0.05, 0) is 0 Å². The number of carbonyl (C=O) groups is 1. The standard InChI is InChI=1S/C5H10O5.Pb.2H/c6-1-3(8)5(10)4(9)2-7;;;/h1,3-5,7-10H,2H2;;;/t3-,4+,5-;;;/m0.../s1. The average molecular weight is 359 g/mol. The molecule has 0 aromatic carbocycles. The predicted molar refractivity (Wildman–Crippen MR) is 39.7 cm³/mol. The first kappa shape index (κ1) is 14.0. The minimum atomic E-state index is -1.64. The number of aldehydes is 1. The Labute approximate surface area is 83.8 Å². The first-order valence-corrected chi connectivity index (χ1v) is 2.73. The van der Waals surface area contributed by atoms with Crippen molar-refractivity contribution in [3.8, 4) is 0 Å². The van der Waals surface area contributed by atoms with Crippen LogP contribution in [0.2, 0.25) is 0 Å². The molecule has 0 unspecified atom stereocenters. The first-order chi connectivity index (χ1) is 4.63. The van der Waals surface area contributed by atoms with Gasteiger partial charge in [0.05, 0.1) is 6.61 Å². The van der Waals surface area contributed by atoms with E-state index in [0.717, 1.165) is 0 Å². The van der Waals surface area contributed by atoms with E-state index in [9.17, 15) is 4.79 Å². The molecule has 0 rings (SSSR count). The Morgan fingerprint density at radius 1 is 1.27 bits per heavy atom. The van der Waals surface area contributed by atoms with Crippen LogP contribution in [0.25, 0.3) is 0 Å². The molecule has 0 aromatic heterocycles. The molecule has 0 aliphatic heterocycles. The Hall–Kier alpha value is 0.432. The Kier molecular flexibility index (Phi) is 9.03. The molecule has 0 saturated heterocycles. The van der Waals surface area contributed by atoms with Crippen LogP contribution in [0.3, 0.4) is 0 Å². The molecule has 0 aliphatic carbocycles. The van der Waals surface area contributed by atoms with Crippen molar-refractivity contribution in [1.82, 2.24) is 0 Å². The third-order valence-electron chi connectivity index (χ3n) is 1.07. The zero-order valence-corrected chi connectivity index (χ0v) is 11.4. The number of hydrogen-bond donors (Lipinski definition) is 4. The molecule has 0 saturated carbocycles. The molecule has 6 heteroatoms. The van der Waals surface area contributed by atoms with Gasteiger partial charge in [-0.15, -0.1) is 0 Å². The molecule has 5 nitrogen and oxygen atoms in total. The van der Waals surface area contributed by atoms with Gasteiger partial charge in [0.25, 0.3) is 0 Å². The van der Waals surface area contributed by atoms with Crippen LogP contribution in [0.15, 0.2) is 0 Å². The number of carbonyl (C=O) groups excluding carboxylic acids is 1. The van der Waals surface area contributed by atoms with Gasteiger partial charge in [0.15, 0.2) is 6.29 Å². The van der Waals surface area contributed by atoms with E-state index in [4.69, 9.17) is 20.4 Å². The van der Waals surface area contributed by atoms with Crippen LogP contribution < -0.4 is 0 Å². The Bertz CT molecular complexity index is 109. The van der Waals surface area contributed by atoms with Gasteiger partial charge in [0, 0.05) is 0 Å². The van der Waals surface area contributed by atoms with E-state index >= 15 is 0 Å². The molecule has 0 spiro atoms. The van der Waals surface area contributed by atoms with E-state index < -0.39 is 24.9 Å². The van der Waals surface area contributed by atoms with Crippen LogP contribution >= 0.6 is 0 Å². The zero-order valence-electron chi connectivity index (χ0n) is 5.92. The summed E-state index contributed by atoms with van der Waals surface area (Å²) >= 11 is 0. The van der Waals surface area contributed by atoms with E-state index in [1.165, 1.54) is 0 Å². The van der Waals surface area contributed by atoms with E-state index in [1.54, 1.807) is 0 Å². The van der Waals surface area contributed by atoms with Crippen LogP contribution in [-0.4, -0.2) is 78.9 Å². The van der Waals surface area contributed by atoms with Crippen LogP contribution in [0.5, 0.6) is 0 Å². The minimum absolute atomic E-state index is 0. The molecule has 4 N–H and O–H groups in total. The summed E-state index contributed by atoms with van der Waals surface area (Å²) in [5, 5.41) is 34.1. The maximum atomic E-state index is 9.76. The fourth-order valence-electron chi connectivity index (χ4n) is 0.416. The average Bonchev–Trinajstić information content (AvgIpc) is 2.00. The van der Waals surface area contributed by atoms with E-state index in [0.29, 0.717) is 0 Å². The maximum absolute atomic E-state index is 9.76. The fraction of sp³-hybridized carbons (Fsp3) is 0.800. The van der Waals surface area contributed by atoms with Gasteiger partial charge < -0.3 is 25.2 Å². The van der Waals surface area contributed by atoms with Crippen molar-refractivity contribution in [1.29, 1.82) is 0 Å². The second-order valence-electron chi connectivity index (χ2n) is 1.87. The van der Waals surface area contributed by atoms with Gasteiger partial charge in [0.1, 0.15) is 18.3 Å². The predicted octanol–water partition coefficient (Wildman–Crippen LogP) is -3.66. The second kappa shape index (κ2) is 7.10. The van der Waals surface area contributed by atoms with Crippen molar-refractivity contribution >= 4 is 33.6 Å². The molecule has 2 radical (unpaired) electrons.